The molecule has 2 aromatic rings. The molecule has 6 nitrogen and oxygen atoms in total. The zero-order valence-corrected chi connectivity index (χ0v) is 15.8. The lowest BCUT2D eigenvalue weighted by atomic mass is 9.90. The molecule has 1 aliphatic heterocycles. The van der Waals surface area contributed by atoms with Crippen molar-refractivity contribution in [3.63, 3.8) is 0 Å². The van der Waals surface area contributed by atoms with Crippen LogP contribution in [0.5, 0.6) is 5.75 Å². The highest BCUT2D eigenvalue weighted by Crippen LogP contribution is 2.26. The summed E-state index contributed by atoms with van der Waals surface area (Å²) in [5.41, 5.74) is 1.34. The van der Waals surface area contributed by atoms with Gasteiger partial charge in [-0.25, -0.2) is 18.5 Å². The van der Waals surface area contributed by atoms with E-state index in [1.54, 1.807) is 13.2 Å². The van der Waals surface area contributed by atoms with Crippen LogP contribution in [0.3, 0.4) is 0 Å². The van der Waals surface area contributed by atoms with Gasteiger partial charge in [-0.1, -0.05) is 12.1 Å². The van der Waals surface area contributed by atoms with Crippen molar-refractivity contribution in [1.82, 2.24) is 4.98 Å². The number of nitrogens with zero attached hydrogens (tertiary/aromatic N) is 2. The highest BCUT2D eigenvalue weighted by Gasteiger charge is 2.20. The molecule has 3 rings (SSSR count). The number of aromatic nitrogens is 1. The number of rotatable bonds is 6. The topological polar surface area (TPSA) is 85.5 Å². The van der Waals surface area contributed by atoms with Gasteiger partial charge in [0.2, 0.25) is 10.0 Å². The Kier molecular flexibility index (Phi) is 5.78. The van der Waals surface area contributed by atoms with Crippen LogP contribution in [0.1, 0.15) is 24.8 Å². The van der Waals surface area contributed by atoms with Gasteiger partial charge in [-0.3, -0.25) is 0 Å². The molecule has 1 aliphatic rings. The Labute approximate surface area is 155 Å². The maximum Gasteiger partial charge on any atom is 0.239 e. The second-order valence-electron chi connectivity index (χ2n) is 6.71. The second-order valence-corrected chi connectivity index (χ2v) is 8.28. The number of nitrogens with two attached hydrogens (primary N) is 1. The molecule has 0 bridgehead atoms. The van der Waals surface area contributed by atoms with Crippen LogP contribution in [0.4, 0.5) is 5.82 Å². The standard InChI is InChI=1S/C19H25N3O3S/c1-25-17-6-4-15(5-7-17)2-3-16-10-12-22(13-11-16)19-9-8-18(14-21-19)26(20,23)24/h4-9,14,16H,2-3,10-13H2,1H3,(H2,20,23,24). The van der Waals surface area contributed by atoms with Gasteiger partial charge in [0.15, 0.2) is 0 Å². The zero-order chi connectivity index (χ0) is 18.6. The van der Waals surface area contributed by atoms with Crippen molar-refractivity contribution in [3.8, 4) is 5.75 Å². The van der Waals surface area contributed by atoms with Gasteiger partial charge >= 0.3 is 0 Å². The van der Waals surface area contributed by atoms with E-state index in [4.69, 9.17) is 9.88 Å². The summed E-state index contributed by atoms with van der Waals surface area (Å²) in [5.74, 6) is 2.41. The molecule has 2 heterocycles. The van der Waals surface area contributed by atoms with Crippen molar-refractivity contribution < 1.29 is 13.2 Å². The fraction of sp³-hybridized carbons (Fsp3) is 0.421. The van der Waals surface area contributed by atoms with Crippen LogP contribution in [-0.2, 0) is 16.4 Å². The highest BCUT2D eigenvalue weighted by atomic mass is 32.2. The molecular formula is C19H25N3O3S. The average molecular weight is 375 g/mol. The van der Waals surface area contributed by atoms with E-state index in [2.05, 4.69) is 22.0 Å². The van der Waals surface area contributed by atoms with Crippen LogP contribution in [0.2, 0.25) is 0 Å². The summed E-state index contributed by atoms with van der Waals surface area (Å²) in [4.78, 5) is 6.52. The van der Waals surface area contributed by atoms with Gasteiger partial charge < -0.3 is 9.64 Å². The monoisotopic (exact) mass is 375 g/mol. The Hall–Kier alpha value is -2.12. The molecule has 7 heteroatoms. The molecule has 0 saturated carbocycles. The van der Waals surface area contributed by atoms with Gasteiger partial charge in [0.1, 0.15) is 16.5 Å². The van der Waals surface area contributed by atoms with Crippen molar-refractivity contribution in [1.29, 1.82) is 0 Å². The van der Waals surface area contributed by atoms with E-state index in [0.717, 1.165) is 43.9 Å². The first-order valence-corrected chi connectivity index (χ1v) is 10.4. The molecule has 1 aromatic heterocycles. The Balaban J connectivity index is 1.49. The third kappa shape index (κ3) is 4.74. The number of ether oxygens (including phenoxy) is 1. The summed E-state index contributed by atoms with van der Waals surface area (Å²) in [6, 6.07) is 11.5. The first-order chi connectivity index (χ1) is 12.5. The SMILES string of the molecule is COc1ccc(CCC2CCN(c3ccc(S(N)(=O)=O)cn3)CC2)cc1. The third-order valence-electron chi connectivity index (χ3n) is 4.99. The molecule has 0 spiro atoms. The van der Waals surface area contributed by atoms with E-state index in [9.17, 15) is 8.42 Å². The number of methoxy groups -OCH3 is 1. The van der Waals surface area contributed by atoms with Gasteiger partial charge in [-0.05, 0) is 61.4 Å². The Morgan fingerprint density at radius 3 is 2.38 bits per heavy atom. The van der Waals surface area contributed by atoms with Crippen molar-refractivity contribution in [2.45, 2.75) is 30.6 Å². The average Bonchev–Trinajstić information content (AvgIpc) is 2.66. The van der Waals surface area contributed by atoms with Gasteiger partial charge in [-0.15, -0.1) is 0 Å². The van der Waals surface area contributed by atoms with E-state index in [1.807, 2.05) is 12.1 Å². The van der Waals surface area contributed by atoms with Crippen molar-refractivity contribution in [2.75, 3.05) is 25.1 Å². The summed E-state index contributed by atoms with van der Waals surface area (Å²) < 4.78 is 27.8. The number of aryl methyl sites for hydroxylation is 1. The lowest BCUT2D eigenvalue weighted by Crippen LogP contribution is -2.34. The molecule has 1 fully saturated rings. The molecule has 26 heavy (non-hydrogen) atoms. The van der Waals surface area contributed by atoms with Crippen molar-refractivity contribution >= 4 is 15.8 Å². The summed E-state index contributed by atoms with van der Waals surface area (Å²) >= 11 is 0. The Morgan fingerprint density at radius 1 is 1.15 bits per heavy atom. The molecule has 0 radical (unpaired) electrons. The van der Waals surface area contributed by atoms with Crippen molar-refractivity contribution in [2.24, 2.45) is 11.1 Å². The van der Waals surface area contributed by atoms with Crippen LogP contribution in [0.25, 0.3) is 0 Å². The molecule has 0 amide bonds. The molecule has 1 saturated heterocycles. The first-order valence-electron chi connectivity index (χ1n) is 8.82. The second kappa shape index (κ2) is 8.05. The minimum Gasteiger partial charge on any atom is -0.497 e. The molecule has 0 aliphatic carbocycles. The number of sulfonamides is 1. The highest BCUT2D eigenvalue weighted by molar-refractivity contribution is 7.89. The number of primary sulfonamides is 1. The maximum atomic E-state index is 11.3. The molecule has 140 valence electrons. The lowest BCUT2D eigenvalue weighted by Gasteiger charge is -2.33. The van der Waals surface area contributed by atoms with Crippen LogP contribution in [-0.4, -0.2) is 33.6 Å². The number of anilines is 1. The maximum absolute atomic E-state index is 11.3. The van der Waals surface area contributed by atoms with E-state index in [0.29, 0.717) is 5.92 Å². The molecule has 1 aromatic carbocycles. The quantitative estimate of drug-likeness (QED) is 0.839. The number of hydrogen-bond donors (Lipinski definition) is 1. The first kappa shape index (κ1) is 18.7. The predicted molar refractivity (Wildman–Crippen MR) is 102 cm³/mol. The molecule has 0 unspecified atom stereocenters. The normalized spacial score (nSPS) is 15.8. The number of benzene rings is 1. The van der Waals surface area contributed by atoms with Crippen LogP contribution in [0.15, 0.2) is 47.5 Å². The predicted octanol–water partition coefficient (Wildman–Crippen LogP) is 2.59. The number of piperidine rings is 1. The van der Waals surface area contributed by atoms with Gasteiger partial charge in [0, 0.05) is 19.3 Å². The molecular weight excluding hydrogens is 350 g/mol. The van der Waals surface area contributed by atoms with Crippen LogP contribution in [0, 0.1) is 5.92 Å². The van der Waals surface area contributed by atoms with E-state index in [-0.39, 0.29) is 4.90 Å². The fourth-order valence-electron chi connectivity index (χ4n) is 3.34. The lowest BCUT2D eigenvalue weighted by molar-refractivity contribution is 0.380. The molecule has 2 N–H and O–H groups in total. The van der Waals surface area contributed by atoms with E-state index < -0.39 is 10.0 Å². The van der Waals surface area contributed by atoms with Gasteiger partial charge in [0.05, 0.1) is 7.11 Å². The summed E-state index contributed by atoms with van der Waals surface area (Å²) in [7, 11) is -2.01. The van der Waals surface area contributed by atoms with Gasteiger partial charge in [-0.2, -0.15) is 0 Å². The number of hydrogen-bond acceptors (Lipinski definition) is 5. The van der Waals surface area contributed by atoms with E-state index >= 15 is 0 Å². The van der Waals surface area contributed by atoms with E-state index in [1.165, 1.54) is 24.2 Å². The summed E-state index contributed by atoms with van der Waals surface area (Å²) in [6.45, 7) is 1.88. The minimum absolute atomic E-state index is 0.0515. The Morgan fingerprint density at radius 2 is 1.85 bits per heavy atom. The number of pyridine rings is 1. The third-order valence-corrected chi connectivity index (χ3v) is 5.89. The van der Waals surface area contributed by atoms with Crippen molar-refractivity contribution in [3.05, 3.63) is 48.2 Å². The largest absolute Gasteiger partial charge is 0.497 e. The minimum atomic E-state index is -3.69. The van der Waals surface area contributed by atoms with Crippen LogP contribution < -0.4 is 14.8 Å². The van der Waals surface area contributed by atoms with Gasteiger partial charge in [0.25, 0.3) is 0 Å². The smallest absolute Gasteiger partial charge is 0.239 e. The summed E-state index contributed by atoms with van der Waals surface area (Å²) in [6.07, 6.45) is 5.83. The Bertz CT molecular complexity index is 812. The molecule has 0 atom stereocenters. The fourth-order valence-corrected chi connectivity index (χ4v) is 3.80. The van der Waals surface area contributed by atoms with Crippen LogP contribution >= 0.6 is 0 Å². The zero-order valence-electron chi connectivity index (χ0n) is 15.0. The summed E-state index contributed by atoms with van der Waals surface area (Å²) in [5, 5.41) is 5.11.